The first-order valence-corrected chi connectivity index (χ1v) is 6.05. The van der Waals surface area contributed by atoms with Crippen molar-refractivity contribution in [3.8, 4) is 0 Å². The lowest BCUT2D eigenvalue weighted by Crippen LogP contribution is -2.37. The summed E-state index contributed by atoms with van der Waals surface area (Å²) >= 11 is 0. The first kappa shape index (κ1) is 15.7. The van der Waals surface area contributed by atoms with Crippen molar-refractivity contribution in [1.82, 2.24) is 10.3 Å². The van der Waals surface area contributed by atoms with Gasteiger partial charge in [-0.1, -0.05) is 13.0 Å². The Bertz CT molecular complexity index is 385. The van der Waals surface area contributed by atoms with Gasteiger partial charge < -0.3 is 15.3 Å². The molecule has 0 aliphatic rings. The Kier molecular flexibility index (Phi) is 6.04. The van der Waals surface area contributed by atoms with Gasteiger partial charge in [0.25, 0.3) is 0 Å². The Morgan fingerprint density at radius 3 is 2.74 bits per heavy atom. The molecule has 0 atom stereocenters. The summed E-state index contributed by atoms with van der Waals surface area (Å²) in [7, 11) is 0. The zero-order valence-corrected chi connectivity index (χ0v) is 10.7. The van der Waals surface area contributed by atoms with Crippen LogP contribution in [0.3, 0.4) is 0 Å². The number of nitrogens with zero attached hydrogens (tertiary/aromatic N) is 2. The molecule has 0 spiro atoms. The lowest BCUT2D eigenvalue weighted by Gasteiger charge is -2.26. The maximum atomic E-state index is 12.5. The summed E-state index contributed by atoms with van der Waals surface area (Å²) in [6.45, 7) is 1.50. The van der Waals surface area contributed by atoms with Crippen LogP contribution in [0, 0.1) is 0 Å². The fourth-order valence-electron chi connectivity index (χ4n) is 1.71. The van der Waals surface area contributed by atoms with E-state index >= 15 is 0 Å². The third kappa shape index (κ3) is 5.44. The number of rotatable bonds is 7. The molecule has 0 radical (unpaired) electrons. The van der Waals surface area contributed by atoms with Crippen LogP contribution in [0.4, 0.5) is 19.0 Å². The molecule has 1 heterocycles. The molecule has 2 N–H and O–H groups in total. The molecule has 0 aliphatic heterocycles. The molecular weight excluding hydrogens is 259 g/mol. The van der Waals surface area contributed by atoms with E-state index in [4.69, 9.17) is 5.11 Å². The van der Waals surface area contributed by atoms with Gasteiger partial charge in [0.05, 0.1) is 6.61 Å². The van der Waals surface area contributed by atoms with Crippen LogP contribution in [0.25, 0.3) is 0 Å². The average Bonchev–Trinajstić information content (AvgIpc) is 2.34. The molecule has 0 amide bonds. The van der Waals surface area contributed by atoms with Gasteiger partial charge in [0.1, 0.15) is 12.4 Å². The van der Waals surface area contributed by atoms with Crippen LogP contribution in [0.5, 0.6) is 0 Å². The quantitative estimate of drug-likeness (QED) is 0.794. The number of aromatic nitrogens is 1. The number of halogens is 3. The highest BCUT2D eigenvalue weighted by atomic mass is 19.4. The van der Waals surface area contributed by atoms with E-state index in [2.05, 4.69) is 10.3 Å². The van der Waals surface area contributed by atoms with Gasteiger partial charge in [-0.05, 0) is 12.6 Å². The highest BCUT2D eigenvalue weighted by Crippen LogP contribution is 2.23. The molecule has 0 aliphatic carbocycles. The summed E-state index contributed by atoms with van der Waals surface area (Å²) in [5, 5.41) is 12.0. The number of hydrogen-bond acceptors (Lipinski definition) is 4. The second kappa shape index (κ2) is 7.30. The standard InChI is InChI=1S/C12H18F3N3O/c1-2-16-8-10-4-3-5-17-11(10)18(6-7-19)9-12(13,14)15/h3-5,16,19H,2,6-9H2,1H3. The van der Waals surface area contributed by atoms with Crippen molar-refractivity contribution in [3.05, 3.63) is 23.9 Å². The minimum atomic E-state index is -4.33. The van der Waals surface area contributed by atoms with Crippen LogP contribution >= 0.6 is 0 Å². The number of alkyl halides is 3. The topological polar surface area (TPSA) is 48.4 Å². The monoisotopic (exact) mass is 277 g/mol. The van der Waals surface area contributed by atoms with Crippen molar-refractivity contribution in [3.63, 3.8) is 0 Å². The van der Waals surface area contributed by atoms with Crippen LogP contribution in [-0.4, -0.2) is 42.5 Å². The molecule has 1 aromatic heterocycles. The van der Waals surface area contributed by atoms with Crippen molar-refractivity contribution in [1.29, 1.82) is 0 Å². The Balaban J connectivity index is 2.94. The van der Waals surface area contributed by atoms with Gasteiger partial charge >= 0.3 is 6.18 Å². The van der Waals surface area contributed by atoms with Crippen LogP contribution in [0.1, 0.15) is 12.5 Å². The average molecular weight is 277 g/mol. The Morgan fingerprint density at radius 1 is 1.42 bits per heavy atom. The molecule has 0 bridgehead atoms. The molecule has 1 aromatic rings. The van der Waals surface area contributed by atoms with Gasteiger partial charge in [0, 0.05) is 24.8 Å². The Morgan fingerprint density at radius 2 is 2.16 bits per heavy atom. The lowest BCUT2D eigenvalue weighted by molar-refractivity contribution is -0.120. The van der Waals surface area contributed by atoms with E-state index < -0.39 is 12.7 Å². The molecular formula is C12H18F3N3O. The molecule has 1 rings (SSSR count). The van der Waals surface area contributed by atoms with Crippen LogP contribution in [0.2, 0.25) is 0 Å². The van der Waals surface area contributed by atoms with Gasteiger partial charge in [0.2, 0.25) is 0 Å². The predicted molar refractivity (Wildman–Crippen MR) is 67.0 cm³/mol. The zero-order valence-electron chi connectivity index (χ0n) is 10.7. The summed E-state index contributed by atoms with van der Waals surface area (Å²) in [4.78, 5) is 5.06. The molecule has 108 valence electrons. The van der Waals surface area contributed by atoms with E-state index in [1.807, 2.05) is 6.92 Å². The first-order valence-electron chi connectivity index (χ1n) is 6.05. The van der Waals surface area contributed by atoms with E-state index in [1.54, 1.807) is 12.1 Å². The number of hydrogen-bond donors (Lipinski definition) is 2. The first-order chi connectivity index (χ1) is 8.98. The fraction of sp³-hybridized carbons (Fsp3) is 0.583. The third-order valence-electron chi connectivity index (χ3n) is 2.47. The summed E-state index contributed by atoms with van der Waals surface area (Å²) in [5.74, 6) is 0.259. The van der Waals surface area contributed by atoms with Crippen molar-refractivity contribution >= 4 is 5.82 Å². The molecule has 0 aromatic carbocycles. The predicted octanol–water partition coefficient (Wildman–Crippen LogP) is 1.55. The van der Waals surface area contributed by atoms with E-state index in [1.165, 1.54) is 6.20 Å². The largest absolute Gasteiger partial charge is 0.405 e. The number of nitrogens with one attached hydrogen (secondary N) is 1. The highest BCUT2D eigenvalue weighted by molar-refractivity contribution is 5.46. The smallest absolute Gasteiger partial charge is 0.395 e. The number of aliphatic hydroxyl groups is 1. The summed E-state index contributed by atoms with van der Waals surface area (Å²) in [6, 6.07) is 3.41. The van der Waals surface area contributed by atoms with E-state index in [0.717, 1.165) is 4.90 Å². The number of aliphatic hydroxyl groups excluding tert-OH is 1. The van der Waals surface area contributed by atoms with Crippen molar-refractivity contribution in [2.45, 2.75) is 19.6 Å². The van der Waals surface area contributed by atoms with E-state index in [-0.39, 0.29) is 19.0 Å². The summed E-state index contributed by atoms with van der Waals surface area (Å²) < 4.78 is 37.6. The molecule has 0 fully saturated rings. The Labute approximate surface area is 110 Å². The summed E-state index contributed by atoms with van der Waals surface area (Å²) in [5.41, 5.74) is 0.682. The molecule has 0 saturated carbocycles. The van der Waals surface area contributed by atoms with Gasteiger partial charge in [-0.3, -0.25) is 0 Å². The van der Waals surface area contributed by atoms with Crippen molar-refractivity contribution < 1.29 is 18.3 Å². The van der Waals surface area contributed by atoms with Gasteiger partial charge in [-0.2, -0.15) is 13.2 Å². The van der Waals surface area contributed by atoms with Crippen LogP contribution < -0.4 is 10.2 Å². The number of anilines is 1. The minimum absolute atomic E-state index is 0.102. The lowest BCUT2D eigenvalue weighted by atomic mass is 10.2. The fourth-order valence-corrected chi connectivity index (χ4v) is 1.71. The normalized spacial score (nSPS) is 11.6. The van der Waals surface area contributed by atoms with Crippen molar-refractivity contribution in [2.24, 2.45) is 0 Å². The summed E-state index contributed by atoms with van der Waals surface area (Å²) in [6.07, 6.45) is -2.88. The molecule has 7 heteroatoms. The SMILES string of the molecule is CCNCc1cccnc1N(CCO)CC(F)(F)F. The molecule has 0 unspecified atom stereocenters. The van der Waals surface area contributed by atoms with Crippen LogP contribution in [0.15, 0.2) is 18.3 Å². The van der Waals surface area contributed by atoms with Crippen molar-refractivity contribution in [2.75, 3.05) is 31.1 Å². The highest BCUT2D eigenvalue weighted by Gasteiger charge is 2.31. The van der Waals surface area contributed by atoms with Gasteiger partial charge in [0.15, 0.2) is 0 Å². The zero-order chi connectivity index (χ0) is 14.3. The van der Waals surface area contributed by atoms with E-state index in [9.17, 15) is 13.2 Å². The minimum Gasteiger partial charge on any atom is -0.395 e. The van der Waals surface area contributed by atoms with Gasteiger partial charge in [-0.15, -0.1) is 0 Å². The molecule has 4 nitrogen and oxygen atoms in total. The van der Waals surface area contributed by atoms with E-state index in [0.29, 0.717) is 18.7 Å². The number of pyridine rings is 1. The second-order valence-electron chi connectivity index (χ2n) is 4.03. The molecule has 19 heavy (non-hydrogen) atoms. The molecule has 0 saturated heterocycles. The van der Waals surface area contributed by atoms with Gasteiger partial charge in [-0.25, -0.2) is 4.98 Å². The Hall–Kier alpha value is -1.34. The third-order valence-corrected chi connectivity index (χ3v) is 2.47. The maximum Gasteiger partial charge on any atom is 0.405 e. The maximum absolute atomic E-state index is 12.5. The second-order valence-corrected chi connectivity index (χ2v) is 4.03. The van der Waals surface area contributed by atoms with Crippen LogP contribution in [-0.2, 0) is 6.54 Å².